The van der Waals surface area contributed by atoms with Gasteiger partial charge in [-0.15, -0.1) is 0 Å². The van der Waals surface area contributed by atoms with Crippen LogP contribution in [0, 0.1) is 11.6 Å². The molecule has 0 bridgehead atoms. The van der Waals surface area contributed by atoms with Gasteiger partial charge < -0.3 is 25.0 Å². The van der Waals surface area contributed by atoms with Crippen LogP contribution in [0.2, 0.25) is 0 Å². The van der Waals surface area contributed by atoms with Gasteiger partial charge in [-0.3, -0.25) is 9.69 Å². The number of urea groups is 1. The van der Waals surface area contributed by atoms with E-state index in [4.69, 9.17) is 9.47 Å². The predicted molar refractivity (Wildman–Crippen MR) is 135 cm³/mol. The van der Waals surface area contributed by atoms with Crippen molar-refractivity contribution in [1.82, 2.24) is 9.80 Å². The number of anilines is 2. The molecular weight excluding hydrogens is 482 g/mol. The summed E-state index contributed by atoms with van der Waals surface area (Å²) in [7, 11) is 1.56. The molecule has 2 heterocycles. The SMILES string of the molecule is COc1cccc(NC(=O)N2CCN3CC(=O)Nc4cc(-c5ccc(F)cc5F)ccc4OC[C@H]3C2)c1. The fraction of sp³-hybridized carbons (Fsp3) is 0.259. The van der Waals surface area contributed by atoms with Crippen LogP contribution in [0.1, 0.15) is 0 Å². The van der Waals surface area contributed by atoms with Gasteiger partial charge in [0.1, 0.15) is 29.7 Å². The summed E-state index contributed by atoms with van der Waals surface area (Å²) in [5, 5.41) is 5.74. The Bertz CT molecular complexity index is 1340. The molecule has 1 atom stereocenters. The first-order valence-corrected chi connectivity index (χ1v) is 11.9. The van der Waals surface area contributed by atoms with Gasteiger partial charge in [-0.25, -0.2) is 13.6 Å². The number of methoxy groups -OCH3 is 1. The summed E-state index contributed by atoms with van der Waals surface area (Å²) in [6.07, 6.45) is 0. The number of nitrogens with one attached hydrogen (secondary N) is 2. The van der Waals surface area contributed by atoms with E-state index in [1.807, 2.05) is 4.90 Å². The van der Waals surface area contributed by atoms with Crippen molar-refractivity contribution in [2.45, 2.75) is 6.04 Å². The van der Waals surface area contributed by atoms with E-state index >= 15 is 0 Å². The van der Waals surface area contributed by atoms with Crippen molar-refractivity contribution in [1.29, 1.82) is 0 Å². The molecule has 0 aliphatic carbocycles. The van der Waals surface area contributed by atoms with E-state index in [1.165, 1.54) is 12.1 Å². The van der Waals surface area contributed by atoms with Crippen LogP contribution < -0.4 is 20.1 Å². The van der Waals surface area contributed by atoms with Crippen LogP contribution >= 0.6 is 0 Å². The molecule has 2 N–H and O–H groups in total. The number of piperazine rings is 1. The van der Waals surface area contributed by atoms with E-state index in [1.54, 1.807) is 54.5 Å². The van der Waals surface area contributed by atoms with E-state index in [-0.39, 0.29) is 36.7 Å². The maximum atomic E-state index is 14.3. The zero-order chi connectivity index (χ0) is 25.9. The minimum absolute atomic E-state index is 0.119. The molecule has 3 aromatic rings. The first-order valence-electron chi connectivity index (χ1n) is 11.9. The first kappa shape index (κ1) is 24.5. The van der Waals surface area contributed by atoms with Gasteiger partial charge in [-0.2, -0.15) is 0 Å². The molecule has 8 nitrogen and oxygen atoms in total. The number of nitrogens with zero attached hydrogens (tertiary/aromatic N) is 2. The van der Waals surface area contributed by atoms with Crippen molar-refractivity contribution < 1.29 is 27.8 Å². The number of benzene rings is 3. The second-order valence-electron chi connectivity index (χ2n) is 8.93. The summed E-state index contributed by atoms with van der Waals surface area (Å²) in [5.41, 5.74) is 1.73. The monoisotopic (exact) mass is 508 g/mol. The Hall–Kier alpha value is -4.18. The highest BCUT2D eigenvalue weighted by molar-refractivity contribution is 5.95. The molecule has 1 fully saturated rings. The van der Waals surface area contributed by atoms with E-state index in [0.29, 0.717) is 48.1 Å². The van der Waals surface area contributed by atoms with E-state index < -0.39 is 11.6 Å². The fourth-order valence-electron chi connectivity index (χ4n) is 4.55. The van der Waals surface area contributed by atoms with Crippen LogP contribution in [0.3, 0.4) is 0 Å². The van der Waals surface area contributed by atoms with Crippen molar-refractivity contribution in [3.8, 4) is 22.6 Å². The second kappa shape index (κ2) is 10.4. The van der Waals surface area contributed by atoms with Gasteiger partial charge in [0, 0.05) is 43.0 Å². The van der Waals surface area contributed by atoms with Gasteiger partial charge in [0.2, 0.25) is 5.91 Å². The normalized spacial score (nSPS) is 17.8. The molecule has 2 aliphatic rings. The van der Waals surface area contributed by atoms with Crippen LogP contribution in [0.4, 0.5) is 25.0 Å². The molecule has 3 aromatic carbocycles. The Morgan fingerprint density at radius 1 is 1.11 bits per heavy atom. The standard InChI is InChI=1S/C27H26F2N4O4/c1-36-21-4-2-3-19(13-21)30-27(35)33-10-9-32-15-26(34)31-24-11-17(22-7-6-18(28)12-23(22)29)5-8-25(24)37-16-20(32)14-33/h2-8,11-13,20H,9-10,14-16H2,1H3,(H,30,35)(H,31,34)/t20-/m1/s1. The Labute approximate surface area is 212 Å². The van der Waals surface area contributed by atoms with Crippen molar-refractivity contribution in [3.05, 3.63) is 72.3 Å². The molecule has 2 aliphatic heterocycles. The highest BCUT2D eigenvalue weighted by Crippen LogP contribution is 2.33. The number of fused-ring (bicyclic) bond motifs is 2. The maximum Gasteiger partial charge on any atom is 0.321 e. The number of carbonyl (C=O) groups excluding carboxylic acids is 2. The summed E-state index contributed by atoms with van der Waals surface area (Å²) >= 11 is 0. The number of carbonyl (C=O) groups is 2. The van der Waals surface area contributed by atoms with E-state index in [2.05, 4.69) is 10.6 Å². The molecule has 0 aromatic heterocycles. The Balaban J connectivity index is 1.31. The summed E-state index contributed by atoms with van der Waals surface area (Å²) in [4.78, 5) is 29.5. The van der Waals surface area contributed by atoms with Crippen LogP contribution in [-0.2, 0) is 4.79 Å². The molecule has 5 rings (SSSR count). The van der Waals surface area contributed by atoms with Crippen molar-refractivity contribution in [2.75, 3.05) is 50.5 Å². The lowest BCUT2D eigenvalue weighted by atomic mass is 10.0. The number of ether oxygens (including phenoxy) is 2. The zero-order valence-electron chi connectivity index (χ0n) is 20.2. The smallest absolute Gasteiger partial charge is 0.321 e. The minimum Gasteiger partial charge on any atom is -0.497 e. The van der Waals surface area contributed by atoms with Crippen molar-refractivity contribution >= 4 is 23.3 Å². The van der Waals surface area contributed by atoms with Crippen molar-refractivity contribution in [2.24, 2.45) is 0 Å². The van der Waals surface area contributed by atoms with Gasteiger partial charge in [-0.05, 0) is 42.0 Å². The lowest BCUT2D eigenvalue weighted by Crippen LogP contribution is -2.58. The van der Waals surface area contributed by atoms with E-state index in [0.717, 1.165) is 6.07 Å². The summed E-state index contributed by atoms with van der Waals surface area (Å²) in [5.74, 6) is -0.535. The molecular formula is C27H26F2N4O4. The molecule has 192 valence electrons. The van der Waals surface area contributed by atoms with Crippen LogP contribution in [0.25, 0.3) is 11.1 Å². The van der Waals surface area contributed by atoms with Crippen LogP contribution in [-0.4, -0.2) is 67.7 Å². The van der Waals surface area contributed by atoms with Gasteiger partial charge in [0.05, 0.1) is 25.4 Å². The highest BCUT2D eigenvalue weighted by atomic mass is 19.1. The molecule has 0 saturated carbocycles. The second-order valence-corrected chi connectivity index (χ2v) is 8.93. The fourth-order valence-corrected chi connectivity index (χ4v) is 4.55. The van der Waals surface area contributed by atoms with E-state index in [9.17, 15) is 18.4 Å². The molecule has 0 spiro atoms. The minimum atomic E-state index is -0.695. The largest absolute Gasteiger partial charge is 0.497 e. The topological polar surface area (TPSA) is 83.1 Å². The molecule has 37 heavy (non-hydrogen) atoms. The Morgan fingerprint density at radius 3 is 2.78 bits per heavy atom. The number of hydrogen-bond donors (Lipinski definition) is 2. The molecule has 10 heteroatoms. The summed E-state index contributed by atoms with van der Waals surface area (Å²) < 4.78 is 38.9. The third-order valence-corrected chi connectivity index (χ3v) is 6.49. The summed E-state index contributed by atoms with van der Waals surface area (Å²) in [6.45, 7) is 1.68. The Morgan fingerprint density at radius 2 is 1.97 bits per heavy atom. The molecule has 0 radical (unpaired) electrons. The first-order chi connectivity index (χ1) is 17.9. The maximum absolute atomic E-state index is 14.3. The number of amides is 3. The van der Waals surface area contributed by atoms with Gasteiger partial charge in [-0.1, -0.05) is 12.1 Å². The van der Waals surface area contributed by atoms with Gasteiger partial charge in [0.15, 0.2) is 0 Å². The average molecular weight is 509 g/mol. The number of hydrogen-bond acceptors (Lipinski definition) is 5. The van der Waals surface area contributed by atoms with Gasteiger partial charge in [0.25, 0.3) is 0 Å². The lowest BCUT2D eigenvalue weighted by molar-refractivity contribution is -0.118. The van der Waals surface area contributed by atoms with Crippen LogP contribution in [0.15, 0.2) is 60.7 Å². The summed E-state index contributed by atoms with van der Waals surface area (Å²) in [6, 6.07) is 14.9. The number of rotatable bonds is 3. The third-order valence-electron chi connectivity index (χ3n) is 6.49. The van der Waals surface area contributed by atoms with Crippen molar-refractivity contribution in [3.63, 3.8) is 0 Å². The molecule has 3 amide bonds. The van der Waals surface area contributed by atoms with Gasteiger partial charge >= 0.3 is 6.03 Å². The lowest BCUT2D eigenvalue weighted by Gasteiger charge is -2.40. The quantitative estimate of drug-likeness (QED) is 0.555. The highest BCUT2D eigenvalue weighted by Gasteiger charge is 2.32. The predicted octanol–water partition coefficient (Wildman–Crippen LogP) is 4.19. The molecule has 1 saturated heterocycles. The molecule has 0 unspecified atom stereocenters. The Kier molecular flexibility index (Phi) is 6.91. The number of halogens is 2. The zero-order valence-corrected chi connectivity index (χ0v) is 20.2. The van der Waals surface area contributed by atoms with Crippen LogP contribution in [0.5, 0.6) is 11.5 Å². The third kappa shape index (κ3) is 5.49. The average Bonchev–Trinajstić information content (AvgIpc) is 2.95.